The highest BCUT2D eigenvalue weighted by molar-refractivity contribution is 7.09. The molecule has 0 bridgehead atoms. The van der Waals surface area contributed by atoms with Crippen molar-refractivity contribution in [3.05, 3.63) is 16.1 Å². The number of nitrogens with one attached hydrogen (secondary N) is 2. The Morgan fingerprint density at radius 1 is 1.30 bits per heavy atom. The molecule has 0 aliphatic rings. The van der Waals surface area contributed by atoms with Crippen molar-refractivity contribution in [2.24, 2.45) is 5.73 Å². The van der Waals surface area contributed by atoms with Crippen LogP contribution in [0.2, 0.25) is 0 Å². The summed E-state index contributed by atoms with van der Waals surface area (Å²) in [5.41, 5.74) is 6.24. The summed E-state index contributed by atoms with van der Waals surface area (Å²) < 4.78 is 0. The fraction of sp³-hybridized carbons (Fsp3) is 0.615. The van der Waals surface area contributed by atoms with Gasteiger partial charge in [-0.25, -0.2) is 4.98 Å². The van der Waals surface area contributed by atoms with Crippen LogP contribution in [0.3, 0.4) is 0 Å². The van der Waals surface area contributed by atoms with Gasteiger partial charge in [0.15, 0.2) is 0 Å². The van der Waals surface area contributed by atoms with Crippen LogP contribution in [-0.2, 0) is 21.4 Å². The van der Waals surface area contributed by atoms with Gasteiger partial charge in [0.05, 0.1) is 23.8 Å². The Hall–Kier alpha value is -1.47. The van der Waals surface area contributed by atoms with E-state index in [9.17, 15) is 9.59 Å². The van der Waals surface area contributed by atoms with Gasteiger partial charge in [-0.2, -0.15) is 0 Å². The standard InChI is InChI=1S/C13H22N4O2S/c1-13(2,3)9-8-20-12(17-9)4-5-15-11(19)7-16-10(18)6-14/h8H,4-7,14H2,1-3H3,(H,15,19)(H,16,18). The van der Waals surface area contributed by atoms with Crippen LogP contribution in [0.5, 0.6) is 0 Å². The van der Waals surface area contributed by atoms with Crippen molar-refractivity contribution in [3.63, 3.8) is 0 Å². The molecule has 0 aliphatic carbocycles. The van der Waals surface area contributed by atoms with Gasteiger partial charge in [-0.3, -0.25) is 9.59 Å². The fourth-order valence-electron chi connectivity index (χ4n) is 1.39. The molecular weight excluding hydrogens is 276 g/mol. The first kappa shape index (κ1) is 16.6. The molecule has 0 fully saturated rings. The van der Waals surface area contributed by atoms with Gasteiger partial charge in [-0.1, -0.05) is 20.8 Å². The summed E-state index contributed by atoms with van der Waals surface area (Å²) in [5.74, 6) is -0.561. The lowest BCUT2D eigenvalue weighted by molar-refractivity contribution is -0.125. The van der Waals surface area contributed by atoms with E-state index in [4.69, 9.17) is 5.73 Å². The molecule has 0 saturated heterocycles. The van der Waals surface area contributed by atoms with Crippen LogP contribution < -0.4 is 16.4 Å². The zero-order valence-electron chi connectivity index (χ0n) is 12.2. The molecule has 1 heterocycles. The molecule has 112 valence electrons. The lowest BCUT2D eigenvalue weighted by atomic mass is 9.93. The molecule has 1 aromatic rings. The highest BCUT2D eigenvalue weighted by atomic mass is 32.1. The summed E-state index contributed by atoms with van der Waals surface area (Å²) in [7, 11) is 0. The number of thiazole rings is 1. The Morgan fingerprint density at radius 2 is 2.00 bits per heavy atom. The Labute approximate surface area is 123 Å². The third-order valence-corrected chi connectivity index (χ3v) is 3.52. The maximum atomic E-state index is 11.4. The molecular formula is C13H22N4O2S. The third kappa shape index (κ3) is 5.66. The SMILES string of the molecule is CC(C)(C)c1csc(CCNC(=O)CNC(=O)CN)n1. The number of nitrogens with two attached hydrogens (primary N) is 1. The number of hydrogen-bond acceptors (Lipinski definition) is 5. The lowest BCUT2D eigenvalue weighted by Gasteiger charge is -2.14. The molecule has 1 rings (SSSR count). The van der Waals surface area contributed by atoms with Crippen molar-refractivity contribution in [1.29, 1.82) is 0 Å². The summed E-state index contributed by atoms with van der Waals surface area (Å²) >= 11 is 1.60. The van der Waals surface area contributed by atoms with E-state index in [0.29, 0.717) is 13.0 Å². The largest absolute Gasteiger partial charge is 0.354 e. The van der Waals surface area contributed by atoms with E-state index in [1.165, 1.54) is 0 Å². The smallest absolute Gasteiger partial charge is 0.239 e. The Bertz CT molecular complexity index is 465. The topological polar surface area (TPSA) is 97.1 Å². The summed E-state index contributed by atoms with van der Waals surface area (Å²) in [6.07, 6.45) is 0.692. The molecule has 0 aliphatic heterocycles. The molecule has 6 nitrogen and oxygen atoms in total. The number of amides is 2. The van der Waals surface area contributed by atoms with E-state index in [1.807, 2.05) is 0 Å². The third-order valence-electron chi connectivity index (χ3n) is 2.61. The highest BCUT2D eigenvalue weighted by Crippen LogP contribution is 2.23. The number of carbonyl (C=O) groups excluding carboxylic acids is 2. The molecule has 4 N–H and O–H groups in total. The molecule has 1 aromatic heterocycles. The van der Waals surface area contributed by atoms with Crippen LogP contribution in [0.4, 0.5) is 0 Å². The zero-order valence-corrected chi connectivity index (χ0v) is 13.0. The van der Waals surface area contributed by atoms with Gasteiger partial charge in [0.25, 0.3) is 0 Å². The summed E-state index contributed by atoms with van der Waals surface area (Å²) in [6, 6.07) is 0. The molecule has 0 spiro atoms. The van der Waals surface area contributed by atoms with Gasteiger partial charge in [0.1, 0.15) is 0 Å². The van der Waals surface area contributed by atoms with Gasteiger partial charge in [0, 0.05) is 23.8 Å². The minimum Gasteiger partial charge on any atom is -0.354 e. The first-order valence-electron chi connectivity index (χ1n) is 6.51. The minimum absolute atomic E-state index is 0.0405. The van der Waals surface area contributed by atoms with Crippen LogP contribution >= 0.6 is 11.3 Å². The molecule has 0 atom stereocenters. The van der Waals surface area contributed by atoms with E-state index >= 15 is 0 Å². The first-order valence-corrected chi connectivity index (χ1v) is 7.39. The van der Waals surface area contributed by atoms with Gasteiger partial charge in [-0.05, 0) is 0 Å². The molecule has 20 heavy (non-hydrogen) atoms. The maximum Gasteiger partial charge on any atom is 0.239 e. The quantitative estimate of drug-likeness (QED) is 0.697. The molecule has 2 amide bonds. The second-order valence-corrected chi connectivity index (χ2v) is 6.40. The minimum atomic E-state index is -0.338. The highest BCUT2D eigenvalue weighted by Gasteiger charge is 2.17. The van der Waals surface area contributed by atoms with Crippen molar-refractivity contribution in [2.75, 3.05) is 19.6 Å². The Kier molecular flexibility index (Phi) is 6.09. The number of nitrogens with zero attached hydrogens (tertiary/aromatic N) is 1. The second kappa shape index (κ2) is 7.35. The van der Waals surface area contributed by atoms with E-state index < -0.39 is 0 Å². The predicted molar refractivity (Wildman–Crippen MR) is 79.6 cm³/mol. The van der Waals surface area contributed by atoms with E-state index in [-0.39, 0.29) is 30.3 Å². The first-order chi connectivity index (χ1) is 9.32. The van der Waals surface area contributed by atoms with E-state index in [2.05, 4.69) is 41.8 Å². The Balaban J connectivity index is 2.29. The second-order valence-electron chi connectivity index (χ2n) is 5.46. The summed E-state index contributed by atoms with van der Waals surface area (Å²) in [6.45, 7) is 6.72. The molecule has 0 radical (unpaired) electrons. The number of aromatic nitrogens is 1. The zero-order chi connectivity index (χ0) is 15.2. The number of rotatable bonds is 6. The molecule has 0 saturated carbocycles. The lowest BCUT2D eigenvalue weighted by Crippen LogP contribution is -2.40. The molecule has 0 aromatic carbocycles. The van der Waals surface area contributed by atoms with Crippen LogP contribution in [0, 0.1) is 0 Å². The van der Waals surface area contributed by atoms with Crippen molar-refractivity contribution in [1.82, 2.24) is 15.6 Å². The van der Waals surface area contributed by atoms with Crippen LogP contribution in [0.1, 0.15) is 31.5 Å². The number of carbonyl (C=O) groups is 2. The van der Waals surface area contributed by atoms with E-state index in [0.717, 1.165) is 10.7 Å². The van der Waals surface area contributed by atoms with Crippen molar-refractivity contribution in [2.45, 2.75) is 32.6 Å². The molecule has 0 unspecified atom stereocenters. The summed E-state index contributed by atoms with van der Waals surface area (Å²) in [5, 5.41) is 8.20. The van der Waals surface area contributed by atoms with Crippen LogP contribution in [0.25, 0.3) is 0 Å². The number of hydrogen-bond donors (Lipinski definition) is 3. The Morgan fingerprint density at radius 3 is 2.55 bits per heavy atom. The maximum absolute atomic E-state index is 11.4. The summed E-state index contributed by atoms with van der Waals surface area (Å²) in [4.78, 5) is 26.9. The predicted octanol–water partition coefficient (Wildman–Crippen LogP) is 0.174. The van der Waals surface area contributed by atoms with E-state index in [1.54, 1.807) is 11.3 Å². The van der Waals surface area contributed by atoms with Gasteiger partial charge in [-0.15, -0.1) is 11.3 Å². The fourth-order valence-corrected chi connectivity index (χ4v) is 2.42. The van der Waals surface area contributed by atoms with Crippen molar-refractivity contribution < 1.29 is 9.59 Å². The van der Waals surface area contributed by atoms with Crippen molar-refractivity contribution >= 4 is 23.2 Å². The monoisotopic (exact) mass is 298 g/mol. The average Bonchev–Trinajstić information content (AvgIpc) is 2.84. The molecule has 7 heteroatoms. The van der Waals surface area contributed by atoms with Crippen molar-refractivity contribution in [3.8, 4) is 0 Å². The average molecular weight is 298 g/mol. The van der Waals surface area contributed by atoms with Gasteiger partial charge >= 0.3 is 0 Å². The van der Waals surface area contributed by atoms with Gasteiger partial charge in [0.2, 0.25) is 11.8 Å². The van der Waals surface area contributed by atoms with Gasteiger partial charge < -0.3 is 16.4 Å². The van der Waals surface area contributed by atoms with Crippen LogP contribution in [-0.4, -0.2) is 36.4 Å². The normalized spacial score (nSPS) is 11.2. The van der Waals surface area contributed by atoms with Crippen LogP contribution in [0.15, 0.2) is 5.38 Å².